The molecule has 2 aromatic carbocycles. The second kappa shape index (κ2) is 8.67. The van der Waals surface area contributed by atoms with Gasteiger partial charge in [-0.05, 0) is 48.1 Å². The zero-order chi connectivity index (χ0) is 18.4. The number of carbonyl (C=O) groups excluding carboxylic acids is 2. The summed E-state index contributed by atoms with van der Waals surface area (Å²) in [7, 11) is 0. The van der Waals surface area contributed by atoms with Gasteiger partial charge in [-0.1, -0.05) is 55.8 Å². The first-order chi connectivity index (χ1) is 11.9. The van der Waals surface area contributed by atoms with Crippen LogP contribution in [0.15, 0.2) is 42.5 Å². The van der Waals surface area contributed by atoms with E-state index >= 15 is 0 Å². The Morgan fingerprint density at radius 1 is 1.04 bits per heavy atom. The van der Waals surface area contributed by atoms with Crippen LogP contribution in [0.25, 0.3) is 0 Å². The van der Waals surface area contributed by atoms with Gasteiger partial charge in [0, 0.05) is 17.3 Å². The number of hydrogen-bond acceptors (Lipinski definition) is 2. The molecule has 0 unspecified atom stereocenters. The Kier molecular flexibility index (Phi) is 6.59. The molecule has 132 valence electrons. The maximum atomic E-state index is 12.2. The number of nitrogens with one attached hydrogen (secondary N) is 2. The molecular weight excluding hydrogens is 336 g/mol. The second-order valence-corrected chi connectivity index (χ2v) is 6.72. The van der Waals surface area contributed by atoms with E-state index in [1.807, 2.05) is 37.3 Å². The molecule has 0 aliphatic rings. The molecular formula is C20H23ClN2O2. The van der Waals surface area contributed by atoms with Crippen LogP contribution in [-0.4, -0.2) is 18.4 Å². The van der Waals surface area contributed by atoms with Crippen LogP contribution in [0.4, 0.5) is 5.69 Å². The highest BCUT2D eigenvalue weighted by Gasteiger charge is 2.17. The third kappa shape index (κ3) is 5.33. The average Bonchev–Trinajstić information content (AvgIpc) is 2.58. The van der Waals surface area contributed by atoms with Crippen molar-refractivity contribution in [1.29, 1.82) is 0 Å². The summed E-state index contributed by atoms with van der Waals surface area (Å²) in [4.78, 5) is 24.2. The Morgan fingerprint density at radius 2 is 1.72 bits per heavy atom. The zero-order valence-electron chi connectivity index (χ0n) is 14.7. The van der Waals surface area contributed by atoms with E-state index in [1.54, 1.807) is 12.1 Å². The van der Waals surface area contributed by atoms with Crippen LogP contribution >= 0.6 is 11.6 Å². The van der Waals surface area contributed by atoms with Crippen molar-refractivity contribution in [3.63, 3.8) is 0 Å². The molecule has 0 radical (unpaired) electrons. The van der Waals surface area contributed by atoms with Gasteiger partial charge in [0.05, 0.1) is 0 Å². The van der Waals surface area contributed by atoms with E-state index < -0.39 is 11.8 Å². The van der Waals surface area contributed by atoms with Crippen molar-refractivity contribution in [2.45, 2.75) is 33.1 Å². The van der Waals surface area contributed by atoms with Crippen molar-refractivity contribution in [2.75, 3.05) is 11.9 Å². The van der Waals surface area contributed by atoms with E-state index in [9.17, 15) is 9.59 Å². The van der Waals surface area contributed by atoms with Gasteiger partial charge in [0.15, 0.2) is 0 Å². The van der Waals surface area contributed by atoms with Crippen molar-refractivity contribution < 1.29 is 9.59 Å². The van der Waals surface area contributed by atoms with Crippen molar-refractivity contribution in [3.8, 4) is 0 Å². The third-order valence-electron chi connectivity index (χ3n) is 3.98. The molecule has 2 rings (SSSR count). The molecule has 0 saturated carbocycles. The highest BCUT2D eigenvalue weighted by molar-refractivity contribution is 6.39. The number of benzene rings is 2. The third-order valence-corrected chi connectivity index (χ3v) is 4.24. The highest BCUT2D eigenvalue weighted by atomic mass is 35.5. The Balaban J connectivity index is 1.92. The van der Waals surface area contributed by atoms with Gasteiger partial charge in [-0.15, -0.1) is 0 Å². The summed E-state index contributed by atoms with van der Waals surface area (Å²) >= 11 is 5.84. The molecule has 0 fully saturated rings. The van der Waals surface area contributed by atoms with Crippen LogP contribution in [-0.2, 0) is 16.0 Å². The number of rotatable bonds is 5. The number of para-hydroxylation sites is 1. The van der Waals surface area contributed by atoms with Crippen LogP contribution < -0.4 is 10.6 Å². The molecule has 0 heterocycles. The van der Waals surface area contributed by atoms with Gasteiger partial charge in [-0.2, -0.15) is 0 Å². The summed E-state index contributed by atoms with van der Waals surface area (Å²) < 4.78 is 0. The molecule has 0 saturated heterocycles. The number of halogens is 1. The van der Waals surface area contributed by atoms with E-state index in [0.717, 1.165) is 22.4 Å². The summed E-state index contributed by atoms with van der Waals surface area (Å²) in [5, 5.41) is 6.07. The fourth-order valence-electron chi connectivity index (χ4n) is 2.56. The number of carbonyl (C=O) groups is 2. The summed E-state index contributed by atoms with van der Waals surface area (Å²) in [6, 6.07) is 13.2. The molecule has 0 aliphatic carbocycles. The Labute approximate surface area is 153 Å². The van der Waals surface area contributed by atoms with Crippen molar-refractivity contribution in [3.05, 3.63) is 64.2 Å². The molecule has 2 aromatic rings. The maximum Gasteiger partial charge on any atom is 0.313 e. The number of aryl methyl sites for hydroxylation is 1. The molecule has 4 nitrogen and oxygen atoms in total. The molecule has 2 amide bonds. The molecule has 0 aliphatic heterocycles. The van der Waals surface area contributed by atoms with Crippen LogP contribution in [0.3, 0.4) is 0 Å². The average molecular weight is 359 g/mol. The molecule has 0 spiro atoms. The predicted octanol–water partition coefficient (Wildman–Crippen LogP) is 4.07. The van der Waals surface area contributed by atoms with Gasteiger partial charge in [0.2, 0.25) is 0 Å². The van der Waals surface area contributed by atoms with E-state index in [4.69, 9.17) is 11.6 Å². The van der Waals surface area contributed by atoms with E-state index in [1.165, 1.54) is 0 Å². The summed E-state index contributed by atoms with van der Waals surface area (Å²) in [6.07, 6.45) is 0.637. The quantitative estimate of drug-likeness (QED) is 0.791. The molecule has 2 N–H and O–H groups in total. The fourth-order valence-corrected chi connectivity index (χ4v) is 2.69. The van der Waals surface area contributed by atoms with Crippen molar-refractivity contribution in [2.24, 2.45) is 0 Å². The maximum absolute atomic E-state index is 12.2. The van der Waals surface area contributed by atoms with Gasteiger partial charge in [0.25, 0.3) is 0 Å². The topological polar surface area (TPSA) is 58.2 Å². The van der Waals surface area contributed by atoms with Gasteiger partial charge < -0.3 is 10.6 Å². The van der Waals surface area contributed by atoms with Crippen molar-refractivity contribution in [1.82, 2.24) is 5.32 Å². The molecule has 0 atom stereocenters. The number of hydrogen-bond donors (Lipinski definition) is 2. The first-order valence-electron chi connectivity index (χ1n) is 8.31. The minimum Gasteiger partial charge on any atom is -0.347 e. The predicted molar refractivity (Wildman–Crippen MR) is 102 cm³/mol. The van der Waals surface area contributed by atoms with Crippen LogP contribution in [0.1, 0.15) is 36.5 Å². The zero-order valence-corrected chi connectivity index (χ0v) is 15.5. The first kappa shape index (κ1) is 19.0. The van der Waals surface area contributed by atoms with E-state index in [2.05, 4.69) is 24.5 Å². The first-order valence-corrected chi connectivity index (χ1v) is 8.69. The Hall–Kier alpha value is -2.33. The summed E-state index contributed by atoms with van der Waals surface area (Å²) in [5.74, 6) is -1.03. The minimum atomic E-state index is -0.646. The Morgan fingerprint density at radius 3 is 2.36 bits per heavy atom. The molecule has 0 aromatic heterocycles. The second-order valence-electron chi connectivity index (χ2n) is 6.28. The number of anilines is 1. The van der Waals surface area contributed by atoms with E-state index in [-0.39, 0.29) is 5.92 Å². The number of amides is 2. The summed E-state index contributed by atoms with van der Waals surface area (Å²) in [5.41, 5.74) is 3.72. The smallest absolute Gasteiger partial charge is 0.313 e. The lowest BCUT2D eigenvalue weighted by Gasteiger charge is -2.16. The van der Waals surface area contributed by atoms with Crippen LogP contribution in [0.5, 0.6) is 0 Å². The van der Waals surface area contributed by atoms with Gasteiger partial charge in [0.1, 0.15) is 0 Å². The lowest BCUT2D eigenvalue weighted by molar-refractivity contribution is -0.136. The largest absolute Gasteiger partial charge is 0.347 e. The lowest BCUT2D eigenvalue weighted by Crippen LogP contribution is -2.36. The van der Waals surface area contributed by atoms with Crippen LogP contribution in [0, 0.1) is 6.92 Å². The molecule has 0 bridgehead atoms. The van der Waals surface area contributed by atoms with Gasteiger partial charge >= 0.3 is 11.8 Å². The van der Waals surface area contributed by atoms with Gasteiger partial charge in [-0.25, -0.2) is 0 Å². The monoisotopic (exact) mass is 358 g/mol. The van der Waals surface area contributed by atoms with Crippen molar-refractivity contribution >= 4 is 29.1 Å². The minimum absolute atomic E-state index is 0.253. The normalized spacial score (nSPS) is 10.6. The lowest BCUT2D eigenvalue weighted by atomic mass is 9.98. The Bertz CT molecular complexity index is 755. The van der Waals surface area contributed by atoms with Crippen LogP contribution in [0.2, 0.25) is 5.02 Å². The highest BCUT2D eigenvalue weighted by Crippen LogP contribution is 2.27. The van der Waals surface area contributed by atoms with E-state index in [0.29, 0.717) is 18.0 Å². The molecule has 25 heavy (non-hydrogen) atoms. The molecule has 5 heteroatoms. The van der Waals surface area contributed by atoms with Gasteiger partial charge in [-0.3, -0.25) is 9.59 Å². The fraction of sp³-hybridized carbons (Fsp3) is 0.300. The standard InChI is InChI=1S/C20H23ClN2O2/c1-13(2)17-6-4-5-14(3)18(17)23-20(25)19(24)22-12-11-15-7-9-16(21)10-8-15/h4-10,13H,11-12H2,1-3H3,(H,22,24)(H,23,25). The summed E-state index contributed by atoms with van der Waals surface area (Å²) in [6.45, 7) is 6.41. The SMILES string of the molecule is Cc1cccc(C(C)C)c1NC(=O)C(=O)NCCc1ccc(Cl)cc1.